The van der Waals surface area contributed by atoms with E-state index in [0.717, 1.165) is 18.7 Å². The van der Waals surface area contributed by atoms with Gasteiger partial charge in [0, 0.05) is 13.1 Å². The number of likely N-dealkylation sites (tertiary alicyclic amines) is 1. The second-order valence-corrected chi connectivity index (χ2v) is 6.46. The van der Waals surface area contributed by atoms with Gasteiger partial charge in [0.25, 0.3) is 0 Å². The average molecular weight is 301 g/mol. The molecular weight excluding hydrogens is 279 g/mol. The van der Waals surface area contributed by atoms with Gasteiger partial charge in [-0.05, 0) is 48.9 Å². The zero-order valence-electron chi connectivity index (χ0n) is 11.7. The molecule has 2 N–H and O–H groups in total. The van der Waals surface area contributed by atoms with Crippen molar-refractivity contribution in [2.24, 2.45) is 5.41 Å². The summed E-state index contributed by atoms with van der Waals surface area (Å²) in [6.07, 6.45) is 3.79. The van der Waals surface area contributed by atoms with Crippen LogP contribution in [0.4, 0.5) is 5.69 Å². The number of anilines is 1. The topological polar surface area (TPSA) is 29.3 Å². The first-order valence-corrected chi connectivity index (χ1v) is 7.71. The van der Waals surface area contributed by atoms with E-state index >= 15 is 0 Å². The van der Waals surface area contributed by atoms with Gasteiger partial charge < -0.3 is 5.73 Å². The first-order valence-electron chi connectivity index (χ1n) is 6.95. The van der Waals surface area contributed by atoms with Gasteiger partial charge >= 0.3 is 0 Å². The molecule has 1 aliphatic rings. The van der Waals surface area contributed by atoms with E-state index in [1.165, 1.54) is 25.8 Å². The highest BCUT2D eigenvalue weighted by molar-refractivity contribution is 6.38. The summed E-state index contributed by atoms with van der Waals surface area (Å²) >= 11 is 12.2. The van der Waals surface area contributed by atoms with Crippen LogP contribution in [0.3, 0.4) is 0 Å². The van der Waals surface area contributed by atoms with Crippen LogP contribution in [-0.4, -0.2) is 18.0 Å². The summed E-state index contributed by atoms with van der Waals surface area (Å²) in [6.45, 7) is 7.82. The summed E-state index contributed by atoms with van der Waals surface area (Å²) in [5.74, 6) is 0. The molecule has 0 aromatic heterocycles. The number of nitrogen functional groups attached to an aromatic ring is 1. The van der Waals surface area contributed by atoms with E-state index in [2.05, 4.69) is 18.7 Å². The minimum Gasteiger partial charge on any atom is -0.396 e. The lowest BCUT2D eigenvalue weighted by Gasteiger charge is -2.26. The Morgan fingerprint density at radius 1 is 1.21 bits per heavy atom. The Morgan fingerprint density at radius 3 is 2.26 bits per heavy atom. The molecular formula is C15H22Cl2N2. The lowest BCUT2D eigenvalue weighted by molar-refractivity contribution is 0.236. The molecule has 2 rings (SSSR count). The molecule has 0 spiro atoms. The van der Waals surface area contributed by atoms with Gasteiger partial charge in [-0.25, -0.2) is 0 Å². The third kappa shape index (κ3) is 3.18. The van der Waals surface area contributed by atoms with E-state index in [9.17, 15) is 0 Å². The zero-order chi connectivity index (χ0) is 14.0. The number of hydrogen-bond acceptors (Lipinski definition) is 2. The van der Waals surface area contributed by atoms with Gasteiger partial charge in [-0.2, -0.15) is 0 Å². The minimum atomic E-state index is 0.477. The van der Waals surface area contributed by atoms with Crippen LogP contribution in [0.25, 0.3) is 0 Å². The second kappa shape index (κ2) is 5.90. The summed E-state index contributed by atoms with van der Waals surface area (Å²) in [6, 6.07) is 3.86. The van der Waals surface area contributed by atoms with E-state index in [4.69, 9.17) is 28.9 Å². The molecule has 1 aromatic carbocycles. The number of halogens is 2. The number of benzene rings is 1. The van der Waals surface area contributed by atoms with Crippen LogP contribution < -0.4 is 5.73 Å². The van der Waals surface area contributed by atoms with E-state index in [-0.39, 0.29) is 0 Å². The Hall–Kier alpha value is -0.440. The highest BCUT2D eigenvalue weighted by atomic mass is 35.5. The van der Waals surface area contributed by atoms with Gasteiger partial charge in [-0.3, -0.25) is 4.90 Å². The predicted octanol–water partition coefficient (Wildman–Crippen LogP) is 4.59. The van der Waals surface area contributed by atoms with Gasteiger partial charge in [-0.15, -0.1) is 0 Å². The maximum absolute atomic E-state index is 6.09. The molecule has 1 aromatic rings. The van der Waals surface area contributed by atoms with Crippen molar-refractivity contribution in [3.8, 4) is 0 Å². The zero-order valence-corrected chi connectivity index (χ0v) is 13.2. The van der Waals surface area contributed by atoms with Gasteiger partial charge in [-0.1, -0.05) is 37.0 Å². The average Bonchev–Trinajstić information content (AvgIpc) is 2.80. The van der Waals surface area contributed by atoms with Crippen molar-refractivity contribution in [3.05, 3.63) is 27.7 Å². The smallest absolute Gasteiger partial charge is 0.0693 e. The Labute approximate surface area is 125 Å². The molecule has 0 amide bonds. The van der Waals surface area contributed by atoms with Crippen LogP contribution in [0.1, 0.15) is 38.7 Å². The summed E-state index contributed by atoms with van der Waals surface area (Å²) in [7, 11) is 0. The molecule has 1 saturated heterocycles. The number of hydrogen-bond donors (Lipinski definition) is 1. The third-order valence-corrected chi connectivity index (χ3v) is 5.19. The van der Waals surface area contributed by atoms with Gasteiger partial charge in [0.2, 0.25) is 0 Å². The largest absolute Gasteiger partial charge is 0.396 e. The first-order chi connectivity index (χ1) is 8.99. The summed E-state index contributed by atoms with van der Waals surface area (Å²) in [5.41, 5.74) is 7.89. The second-order valence-electron chi connectivity index (χ2n) is 5.64. The molecule has 1 fully saturated rings. The number of nitrogens with zero attached hydrogens (tertiary/aromatic N) is 1. The molecule has 106 valence electrons. The molecule has 1 aliphatic heterocycles. The van der Waals surface area contributed by atoms with Crippen molar-refractivity contribution in [1.29, 1.82) is 0 Å². The van der Waals surface area contributed by atoms with Gasteiger partial charge in [0.05, 0.1) is 15.7 Å². The molecule has 1 heterocycles. The molecule has 0 unspecified atom stereocenters. The number of rotatable bonds is 4. The van der Waals surface area contributed by atoms with Crippen molar-refractivity contribution in [3.63, 3.8) is 0 Å². The van der Waals surface area contributed by atoms with Crippen LogP contribution >= 0.6 is 23.2 Å². The number of nitrogens with two attached hydrogens (primary N) is 1. The molecule has 0 saturated carbocycles. The molecule has 0 bridgehead atoms. The Kier molecular flexibility index (Phi) is 4.65. The SMILES string of the molecule is CCC1(CC)CCN(Cc2cc(Cl)c(N)c(Cl)c2)C1. The van der Waals surface area contributed by atoms with E-state index in [0.29, 0.717) is 21.1 Å². The lowest BCUT2D eigenvalue weighted by atomic mass is 9.82. The van der Waals surface area contributed by atoms with E-state index in [1.807, 2.05) is 12.1 Å². The van der Waals surface area contributed by atoms with Gasteiger partial charge in [0.1, 0.15) is 0 Å². The molecule has 2 nitrogen and oxygen atoms in total. The highest BCUT2D eigenvalue weighted by Gasteiger charge is 2.34. The summed E-state index contributed by atoms with van der Waals surface area (Å²) in [5, 5.41) is 1.11. The summed E-state index contributed by atoms with van der Waals surface area (Å²) < 4.78 is 0. The molecule has 19 heavy (non-hydrogen) atoms. The van der Waals surface area contributed by atoms with Crippen LogP contribution in [0.2, 0.25) is 10.0 Å². The standard InChI is InChI=1S/C15H22Cl2N2/c1-3-15(4-2)5-6-19(10-15)9-11-7-12(16)14(18)13(17)8-11/h7-8H,3-6,9-10,18H2,1-2H3. The molecule has 0 radical (unpaired) electrons. The molecule has 0 aliphatic carbocycles. The Balaban J connectivity index is 2.07. The van der Waals surface area contributed by atoms with Crippen molar-refractivity contribution in [2.75, 3.05) is 18.8 Å². The first kappa shape index (κ1) is 15.0. The van der Waals surface area contributed by atoms with Crippen LogP contribution in [-0.2, 0) is 6.54 Å². The minimum absolute atomic E-state index is 0.477. The Bertz CT molecular complexity index is 432. The monoisotopic (exact) mass is 300 g/mol. The fraction of sp³-hybridized carbons (Fsp3) is 0.600. The highest BCUT2D eigenvalue weighted by Crippen LogP contribution is 2.38. The predicted molar refractivity (Wildman–Crippen MR) is 83.8 cm³/mol. The van der Waals surface area contributed by atoms with Crippen LogP contribution in [0.5, 0.6) is 0 Å². The van der Waals surface area contributed by atoms with Crippen LogP contribution in [0.15, 0.2) is 12.1 Å². The fourth-order valence-corrected chi connectivity index (χ4v) is 3.51. The lowest BCUT2D eigenvalue weighted by Crippen LogP contribution is -2.26. The van der Waals surface area contributed by atoms with Crippen molar-refractivity contribution < 1.29 is 0 Å². The molecule has 0 atom stereocenters. The van der Waals surface area contributed by atoms with E-state index < -0.39 is 0 Å². The maximum atomic E-state index is 6.09. The Morgan fingerprint density at radius 2 is 1.79 bits per heavy atom. The van der Waals surface area contributed by atoms with Crippen molar-refractivity contribution in [1.82, 2.24) is 4.90 Å². The van der Waals surface area contributed by atoms with E-state index in [1.54, 1.807) is 0 Å². The normalized spacial score (nSPS) is 18.9. The maximum Gasteiger partial charge on any atom is 0.0693 e. The van der Waals surface area contributed by atoms with Crippen LogP contribution in [0, 0.1) is 5.41 Å². The van der Waals surface area contributed by atoms with Crippen molar-refractivity contribution in [2.45, 2.75) is 39.7 Å². The van der Waals surface area contributed by atoms with Gasteiger partial charge in [0.15, 0.2) is 0 Å². The third-order valence-electron chi connectivity index (χ3n) is 4.56. The quantitative estimate of drug-likeness (QED) is 0.824. The van der Waals surface area contributed by atoms with Crippen molar-refractivity contribution >= 4 is 28.9 Å². The molecule has 4 heteroatoms. The fourth-order valence-electron chi connectivity index (χ4n) is 2.98. The summed E-state index contributed by atoms with van der Waals surface area (Å²) in [4.78, 5) is 2.49.